The molecule has 6 nitrogen and oxygen atoms in total. The average Bonchev–Trinajstić information content (AvgIpc) is 3.07. The molecular weight excluding hydrogens is 282 g/mol. The molecule has 1 saturated heterocycles. The predicted molar refractivity (Wildman–Crippen MR) is 79.9 cm³/mol. The molecule has 1 aliphatic rings. The number of nitrogens with zero attached hydrogens (tertiary/aromatic N) is 3. The number of aliphatic carboxylic acids is 1. The van der Waals surface area contributed by atoms with Crippen molar-refractivity contribution < 1.29 is 14.7 Å². The molecule has 22 heavy (non-hydrogen) atoms. The Morgan fingerprint density at radius 2 is 2.05 bits per heavy atom. The van der Waals surface area contributed by atoms with E-state index in [0.29, 0.717) is 19.4 Å². The van der Waals surface area contributed by atoms with E-state index in [-0.39, 0.29) is 5.91 Å². The first-order chi connectivity index (χ1) is 10.5. The summed E-state index contributed by atoms with van der Waals surface area (Å²) in [5, 5.41) is 13.3. The van der Waals surface area contributed by atoms with Crippen LogP contribution in [0.3, 0.4) is 0 Å². The summed E-state index contributed by atoms with van der Waals surface area (Å²) in [4.78, 5) is 24.5. The van der Waals surface area contributed by atoms with Gasteiger partial charge in [0.2, 0.25) is 5.91 Å². The van der Waals surface area contributed by atoms with Crippen LogP contribution in [0.15, 0.2) is 36.7 Å². The van der Waals surface area contributed by atoms with Crippen LogP contribution in [0.5, 0.6) is 0 Å². The van der Waals surface area contributed by atoms with Crippen LogP contribution < -0.4 is 0 Å². The summed E-state index contributed by atoms with van der Waals surface area (Å²) >= 11 is 0. The number of aryl methyl sites for hydroxylation is 1. The number of aromatic nitrogens is 2. The highest BCUT2D eigenvalue weighted by Gasteiger charge is 2.35. The van der Waals surface area contributed by atoms with E-state index in [1.165, 1.54) is 4.90 Å². The largest absolute Gasteiger partial charge is 0.480 e. The Labute approximate surface area is 128 Å². The standard InChI is InChI=1S/C16H17N3O3/c1-18-10-13(8-17-18)12-4-2-11(3-5-12)9-19-14(16(21)22)6-7-15(19)20/h2-5,8,10,14H,6-7,9H2,1H3,(H,21,22). The summed E-state index contributed by atoms with van der Waals surface area (Å²) < 4.78 is 1.74. The van der Waals surface area contributed by atoms with Gasteiger partial charge in [0.15, 0.2) is 0 Å². The van der Waals surface area contributed by atoms with Crippen LogP contribution in [0.2, 0.25) is 0 Å². The number of amides is 1. The first-order valence-electron chi connectivity index (χ1n) is 7.15. The molecular formula is C16H17N3O3. The number of rotatable bonds is 4. The first-order valence-corrected chi connectivity index (χ1v) is 7.15. The van der Waals surface area contributed by atoms with E-state index in [4.69, 9.17) is 0 Å². The fraction of sp³-hybridized carbons (Fsp3) is 0.312. The third-order valence-electron chi connectivity index (χ3n) is 3.96. The van der Waals surface area contributed by atoms with Crippen molar-refractivity contribution in [2.45, 2.75) is 25.4 Å². The van der Waals surface area contributed by atoms with Crippen LogP contribution in [0, 0.1) is 0 Å². The fourth-order valence-electron chi connectivity index (χ4n) is 2.76. The van der Waals surface area contributed by atoms with E-state index in [1.54, 1.807) is 10.9 Å². The van der Waals surface area contributed by atoms with Gasteiger partial charge in [-0.05, 0) is 17.5 Å². The van der Waals surface area contributed by atoms with Crippen LogP contribution >= 0.6 is 0 Å². The second-order valence-corrected chi connectivity index (χ2v) is 5.51. The quantitative estimate of drug-likeness (QED) is 0.931. The number of hydrogen-bond acceptors (Lipinski definition) is 3. The minimum Gasteiger partial charge on any atom is -0.480 e. The fourth-order valence-corrected chi connectivity index (χ4v) is 2.76. The molecule has 1 amide bonds. The van der Waals surface area contributed by atoms with E-state index in [9.17, 15) is 14.7 Å². The summed E-state index contributed by atoms with van der Waals surface area (Å²) in [6.07, 6.45) is 4.42. The van der Waals surface area contributed by atoms with Crippen LogP contribution in [-0.2, 0) is 23.2 Å². The smallest absolute Gasteiger partial charge is 0.326 e. The number of carbonyl (C=O) groups excluding carboxylic acids is 1. The molecule has 1 atom stereocenters. The van der Waals surface area contributed by atoms with Crippen LogP contribution in [0.25, 0.3) is 11.1 Å². The van der Waals surface area contributed by atoms with Crippen molar-refractivity contribution in [2.24, 2.45) is 7.05 Å². The summed E-state index contributed by atoms with van der Waals surface area (Å²) in [5.74, 6) is -1.03. The lowest BCUT2D eigenvalue weighted by atomic mass is 10.1. The third kappa shape index (κ3) is 2.72. The second-order valence-electron chi connectivity index (χ2n) is 5.51. The van der Waals surface area contributed by atoms with Gasteiger partial charge in [-0.25, -0.2) is 4.79 Å². The summed E-state index contributed by atoms with van der Waals surface area (Å²) in [7, 11) is 1.86. The second kappa shape index (κ2) is 5.63. The highest BCUT2D eigenvalue weighted by atomic mass is 16.4. The predicted octanol–water partition coefficient (Wildman–Crippen LogP) is 1.66. The Bertz CT molecular complexity index is 706. The molecule has 1 aliphatic heterocycles. The molecule has 1 unspecified atom stereocenters. The maximum Gasteiger partial charge on any atom is 0.326 e. The van der Waals surface area contributed by atoms with Gasteiger partial charge in [-0.1, -0.05) is 24.3 Å². The lowest BCUT2D eigenvalue weighted by molar-refractivity contribution is -0.146. The maximum absolute atomic E-state index is 11.8. The van der Waals surface area contributed by atoms with Crippen LogP contribution in [0.1, 0.15) is 18.4 Å². The molecule has 0 saturated carbocycles. The SMILES string of the molecule is Cn1cc(-c2ccc(CN3C(=O)CCC3C(=O)O)cc2)cn1. The number of benzene rings is 1. The maximum atomic E-state index is 11.8. The third-order valence-corrected chi connectivity index (χ3v) is 3.96. The Hall–Kier alpha value is -2.63. The van der Waals surface area contributed by atoms with E-state index in [0.717, 1.165) is 16.7 Å². The molecule has 2 aromatic rings. The van der Waals surface area contributed by atoms with Crippen molar-refractivity contribution in [1.82, 2.24) is 14.7 Å². The van der Waals surface area contributed by atoms with E-state index in [1.807, 2.05) is 37.5 Å². The minimum absolute atomic E-state index is 0.0938. The van der Waals surface area contributed by atoms with Crippen molar-refractivity contribution in [3.63, 3.8) is 0 Å². The minimum atomic E-state index is -0.933. The topological polar surface area (TPSA) is 75.4 Å². The normalized spacial score (nSPS) is 18.0. The first kappa shape index (κ1) is 14.3. The van der Waals surface area contributed by atoms with Crippen molar-refractivity contribution in [2.75, 3.05) is 0 Å². The van der Waals surface area contributed by atoms with Crippen molar-refractivity contribution in [3.8, 4) is 11.1 Å². The Kier molecular flexibility index (Phi) is 3.66. The zero-order valence-corrected chi connectivity index (χ0v) is 12.3. The lowest BCUT2D eigenvalue weighted by Gasteiger charge is -2.21. The Morgan fingerprint density at radius 1 is 1.32 bits per heavy atom. The molecule has 1 aromatic heterocycles. The highest BCUT2D eigenvalue weighted by molar-refractivity contribution is 5.87. The van der Waals surface area contributed by atoms with Crippen LogP contribution in [0.4, 0.5) is 0 Å². The van der Waals surface area contributed by atoms with Gasteiger partial charge in [0.25, 0.3) is 0 Å². The molecule has 1 N–H and O–H groups in total. The summed E-state index contributed by atoms with van der Waals surface area (Å²) in [6, 6.07) is 7.07. The molecule has 114 valence electrons. The van der Waals surface area contributed by atoms with Gasteiger partial charge in [0, 0.05) is 31.8 Å². The molecule has 3 rings (SSSR count). The molecule has 0 spiro atoms. The van der Waals surface area contributed by atoms with Gasteiger partial charge in [0.05, 0.1) is 6.20 Å². The average molecular weight is 299 g/mol. The van der Waals surface area contributed by atoms with E-state index >= 15 is 0 Å². The summed E-state index contributed by atoms with van der Waals surface area (Å²) in [5.41, 5.74) is 2.99. The van der Waals surface area contributed by atoms with E-state index < -0.39 is 12.0 Å². The van der Waals surface area contributed by atoms with Gasteiger partial charge in [-0.15, -0.1) is 0 Å². The molecule has 2 heterocycles. The van der Waals surface area contributed by atoms with E-state index in [2.05, 4.69) is 5.10 Å². The number of carbonyl (C=O) groups is 2. The highest BCUT2D eigenvalue weighted by Crippen LogP contribution is 2.23. The molecule has 0 radical (unpaired) electrons. The number of hydrogen-bond donors (Lipinski definition) is 1. The van der Waals surface area contributed by atoms with Gasteiger partial charge < -0.3 is 10.0 Å². The van der Waals surface area contributed by atoms with Gasteiger partial charge in [0.1, 0.15) is 6.04 Å². The monoisotopic (exact) mass is 299 g/mol. The molecule has 1 fully saturated rings. The molecule has 6 heteroatoms. The van der Waals surface area contributed by atoms with Crippen LogP contribution in [-0.4, -0.2) is 37.7 Å². The molecule has 0 bridgehead atoms. The molecule has 1 aromatic carbocycles. The Morgan fingerprint density at radius 3 is 2.64 bits per heavy atom. The van der Waals surface area contributed by atoms with Crippen molar-refractivity contribution in [1.29, 1.82) is 0 Å². The summed E-state index contributed by atoms with van der Waals surface area (Å²) in [6.45, 7) is 0.336. The zero-order valence-electron chi connectivity index (χ0n) is 12.3. The number of carboxylic acids is 1. The van der Waals surface area contributed by atoms with Gasteiger partial charge in [-0.2, -0.15) is 5.10 Å². The number of carboxylic acid groups (broad SMARTS) is 1. The Balaban J connectivity index is 1.76. The van der Waals surface area contributed by atoms with Crippen molar-refractivity contribution >= 4 is 11.9 Å². The van der Waals surface area contributed by atoms with Gasteiger partial charge in [-0.3, -0.25) is 9.48 Å². The zero-order chi connectivity index (χ0) is 15.7. The lowest BCUT2D eigenvalue weighted by Crippen LogP contribution is -2.37. The number of likely N-dealkylation sites (tertiary alicyclic amines) is 1. The molecule has 0 aliphatic carbocycles. The van der Waals surface area contributed by atoms with Gasteiger partial charge >= 0.3 is 5.97 Å². The van der Waals surface area contributed by atoms with Crippen molar-refractivity contribution in [3.05, 3.63) is 42.2 Å².